The average Bonchev–Trinajstić information content (AvgIpc) is 2.66. The smallest absolute Gasteiger partial charge is 0.130 e. The van der Waals surface area contributed by atoms with Gasteiger partial charge in [0.1, 0.15) is 11.5 Å². The zero-order valence-corrected chi connectivity index (χ0v) is 10.7. The number of carbonyl (C=O) groups excluding carboxylic acids is 1. The topological polar surface area (TPSA) is 29.5 Å². The number of ketones is 1. The Balaban J connectivity index is 2.35. The third-order valence-corrected chi connectivity index (χ3v) is 3.37. The second kappa shape index (κ2) is 4.78. The predicted molar refractivity (Wildman–Crippen MR) is 68.9 cm³/mol. The Hall–Kier alpha value is -1.51. The van der Waals surface area contributed by atoms with Crippen LogP contribution in [0.1, 0.15) is 31.7 Å². The molecule has 1 atom stereocenters. The molecule has 3 heteroatoms. The molecule has 0 aliphatic carbocycles. The van der Waals surface area contributed by atoms with E-state index in [4.69, 9.17) is 4.74 Å². The van der Waals surface area contributed by atoms with Crippen molar-refractivity contribution in [2.75, 3.05) is 25.1 Å². The summed E-state index contributed by atoms with van der Waals surface area (Å²) in [6.45, 7) is 5.73. The van der Waals surface area contributed by atoms with Crippen molar-refractivity contribution < 1.29 is 9.53 Å². The van der Waals surface area contributed by atoms with Gasteiger partial charge >= 0.3 is 0 Å². The lowest BCUT2D eigenvalue weighted by Crippen LogP contribution is -2.21. The fourth-order valence-corrected chi connectivity index (χ4v) is 2.56. The summed E-state index contributed by atoms with van der Waals surface area (Å²) in [5.74, 6) is 1.44. The van der Waals surface area contributed by atoms with Crippen molar-refractivity contribution in [3.8, 4) is 5.75 Å². The van der Waals surface area contributed by atoms with Gasteiger partial charge in [-0.15, -0.1) is 0 Å². The molecule has 1 unspecified atom stereocenters. The molecule has 0 spiro atoms. The number of carbonyl (C=O) groups is 1. The van der Waals surface area contributed by atoms with Crippen LogP contribution in [0, 0.1) is 0 Å². The van der Waals surface area contributed by atoms with Gasteiger partial charge in [-0.1, -0.05) is 0 Å². The average molecular weight is 233 g/mol. The van der Waals surface area contributed by atoms with E-state index in [1.807, 2.05) is 6.07 Å². The first-order valence-electron chi connectivity index (χ1n) is 6.08. The highest BCUT2D eigenvalue weighted by molar-refractivity contribution is 5.78. The molecule has 0 saturated heterocycles. The largest absolute Gasteiger partial charge is 0.497 e. The minimum atomic E-state index is 0.252. The number of benzene rings is 1. The van der Waals surface area contributed by atoms with Crippen molar-refractivity contribution in [2.45, 2.75) is 26.2 Å². The molecule has 0 radical (unpaired) electrons. The molecule has 0 aromatic heterocycles. The lowest BCUT2D eigenvalue weighted by Gasteiger charge is -2.16. The highest BCUT2D eigenvalue weighted by atomic mass is 16.5. The van der Waals surface area contributed by atoms with Gasteiger partial charge < -0.3 is 14.4 Å². The molecule has 0 bridgehead atoms. The van der Waals surface area contributed by atoms with E-state index in [-0.39, 0.29) is 5.78 Å². The predicted octanol–water partition coefficient (Wildman–Crippen LogP) is 2.60. The second-order valence-corrected chi connectivity index (χ2v) is 4.57. The van der Waals surface area contributed by atoms with Gasteiger partial charge in [0.2, 0.25) is 0 Å². The van der Waals surface area contributed by atoms with Gasteiger partial charge in [0.25, 0.3) is 0 Å². The summed E-state index contributed by atoms with van der Waals surface area (Å²) in [6.07, 6.45) is 0.622. The third-order valence-electron chi connectivity index (χ3n) is 3.37. The van der Waals surface area contributed by atoms with Gasteiger partial charge in [0.05, 0.1) is 7.11 Å². The zero-order valence-electron chi connectivity index (χ0n) is 10.7. The van der Waals surface area contributed by atoms with E-state index < -0.39 is 0 Å². The molecule has 0 amide bonds. The molecule has 1 aliphatic heterocycles. The van der Waals surface area contributed by atoms with Crippen molar-refractivity contribution in [1.82, 2.24) is 0 Å². The highest BCUT2D eigenvalue weighted by Crippen LogP contribution is 2.39. The van der Waals surface area contributed by atoms with Crippen LogP contribution in [0.5, 0.6) is 5.75 Å². The maximum absolute atomic E-state index is 11.3. The van der Waals surface area contributed by atoms with Crippen LogP contribution in [0.2, 0.25) is 0 Å². The number of Topliss-reactive ketones (excluding diaryl/α,β-unsaturated/α-hetero) is 1. The fraction of sp³-hybridized carbons (Fsp3) is 0.500. The first kappa shape index (κ1) is 12.0. The minimum absolute atomic E-state index is 0.252. The summed E-state index contributed by atoms with van der Waals surface area (Å²) < 4.78 is 5.26. The van der Waals surface area contributed by atoms with E-state index in [0.717, 1.165) is 18.8 Å². The Morgan fingerprint density at radius 1 is 1.53 bits per heavy atom. The van der Waals surface area contributed by atoms with E-state index in [1.54, 1.807) is 14.0 Å². The molecular formula is C14H19NO2. The fourth-order valence-electron chi connectivity index (χ4n) is 2.56. The van der Waals surface area contributed by atoms with Crippen LogP contribution in [0.3, 0.4) is 0 Å². The molecule has 1 heterocycles. The van der Waals surface area contributed by atoms with Crippen molar-refractivity contribution >= 4 is 11.5 Å². The van der Waals surface area contributed by atoms with Crippen LogP contribution in [0.25, 0.3) is 0 Å². The maximum atomic E-state index is 11.3. The number of likely N-dealkylation sites (N-methyl/N-ethyl adjacent to an activating group) is 1. The Morgan fingerprint density at radius 3 is 2.88 bits per heavy atom. The van der Waals surface area contributed by atoms with E-state index in [0.29, 0.717) is 12.3 Å². The standard InChI is InChI=1S/C14H19NO2/c1-4-15-9-11(7-10(2)16)13-8-12(17-3)5-6-14(13)15/h5-6,8,11H,4,7,9H2,1-3H3. The van der Waals surface area contributed by atoms with Gasteiger partial charge in [-0.2, -0.15) is 0 Å². The van der Waals surface area contributed by atoms with Crippen LogP contribution >= 0.6 is 0 Å². The normalized spacial score (nSPS) is 18.1. The van der Waals surface area contributed by atoms with Gasteiger partial charge in [-0.05, 0) is 37.6 Å². The molecular weight excluding hydrogens is 214 g/mol. The molecule has 0 fully saturated rings. The van der Waals surface area contributed by atoms with Gasteiger partial charge in [0.15, 0.2) is 0 Å². The van der Waals surface area contributed by atoms with E-state index in [1.165, 1.54) is 11.3 Å². The maximum Gasteiger partial charge on any atom is 0.130 e. The summed E-state index contributed by atoms with van der Waals surface area (Å²) in [4.78, 5) is 13.6. The van der Waals surface area contributed by atoms with Crippen molar-refractivity contribution in [1.29, 1.82) is 0 Å². The lowest BCUT2D eigenvalue weighted by atomic mass is 9.96. The molecule has 0 N–H and O–H groups in total. The van der Waals surface area contributed by atoms with Crippen molar-refractivity contribution in [2.24, 2.45) is 0 Å². The Bertz CT molecular complexity index is 428. The molecule has 3 nitrogen and oxygen atoms in total. The molecule has 1 aromatic carbocycles. The molecule has 0 saturated carbocycles. The van der Waals surface area contributed by atoms with Crippen LogP contribution in [-0.2, 0) is 4.79 Å². The number of methoxy groups -OCH3 is 1. The first-order valence-corrected chi connectivity index (χ1v) is 6.08. The number of rotatable bonds is 4. The van der Waals surface area contributed by atoms with Crippen molar-refractivity contribution in [3.05, 3.63) is 23.8 Å². The second-order valence-electron chi connectivity index (χ2n) is 4.57. The van der Waals surface area contributed by atoms with Crippen LogP contribution in [0.4, 0.5) is 5.69 Å². The Kier molecular flexibility index (Phi) is 3.36. The van der Waals surface area contributed by atoms with Crippen LogP contribution in [-0.4, -0.2) is 26.0 Å². The zero-order chi connectivity index (χ0) is 12.4. The molecule has 1 aromatic rings. The number of fused-ring (bicyclic) bond motifs is 1. The molecule has 92 valence electrons. The summed E-state index contributed by atoms with van der Waals surface area (Å²) in [6, 6.07) is 6.15. The quantitative estimate of drug-likeness (QED) is 0.800. The number of hydrogen-bond acceptors (Lipinski definition) is 3. The van der Waals surface area contributed by atoms with Crippen LogP contribution < -0.4 is 9.64 Å². The number of nitrogens with zero attached hydrogens (tertiary/aromatic N) is 1. The Labute approximate surface area is 102 Å². The van der Waals surface area contributed by atoms with Gasteiger partial charge in [-0.3, -0.25) is 0 Å². The van der Waals surface area contributed by atoms with Gasteiger partial charge in [0, 0.05) is 31.1 Å². The summed E-state index contributed by atoms with van der Waals surface area (Å²) in [5.41, 5.74) is 2.50. The summed E-state index contributed by atoms with van der Waals surface area (Å²) in [7, 11) is 1.67. The lowest BCUT2D eigenvalue weighted by molar-refractivity contribution is -0.117. The first-order chi connectivity index (χ1) is 8.15. The monoisotopic (exact) mass is 233 g/mol. The molecule has 2 rings (SSSR count). The van der Waals surface area contributed by atoms with Crippen LogP contribution in [0.15, 0.2) is 18.2 Å². The SMILES string of the molecule is CCN1CC(CC(C)=O)c2cc(OC)ccc21. The number of ether oxygens (including phenoxy) is 1. The van der Waals surface area contributed by atoms with E-state index >= 15 is 0 Å². The number of anilines is 1. The minimum Gasteiger partial charge on any atom is -0.497 e. The Morgan fingerprint density at radius 2 is 2.29 bits per heavy atom. The van der Waals surface area contributed by atoms with Crippen molar-refractivity contribution in [3.63, 3.8) is 0 Å². The number of hydrogen-bond donors (Lipinski definition) is 0. The van der Waals surface area contributed by atoms with E-state index in [2.05, 4.69) is 24.0 Å². The molecule has 1 aliphatic rings. The highest BCUT2D eigenvalue weighted by Gasteiger charge is 2.28. The third kappa shape index (κ3) is 2.28. The summed E-state index contributed by atoms with van der Waals surface area (Å²) in [5, 5.41) is 0. The summed E-state index contributed by atoms with van der Waals surface area (Å²) >= 11 is 0. The molecule has 17 heavy (non-hydrogen) atoms. The van der Waals surface area contributed by atoms with E-state index in [9.17, 15) is 4.79 Å². The van der Waals surface area contributed by atoms with Gasteiger partial charge in [-0.25, -0.2) is 0 Å².